The van der Waals surface area contributed by atoms with E-state index in [2.05, 4.69) is 5.10 Å². The molecule has 0 aliphatic carbocycles. The van der Waals surface area contributed by atoms with E-state index in [1.165, 1.54) is 11.3 Å². The maximum absolute atomic E-state index is 11.8. The lowest BCUT2D eigenvalue weighted by Gasteiger charge is -2.05. The molecule has 0 aliphatic heterocycles. The van der Waals surface area contributed by atoms with Crippen molar-refractivity contribution in [2.45, 2.75) is 6.61 Å². The number of hydrogen-bond donors (Lipinski definition) is 0. The van der Waals surface area contributed by atoms with Crippen LogP contribution >= 0.6 is 22.9 Å². The molecule has 0 radical (unpaired) electrons. The lowest BCUT2D eigenvalue weighted by atomic mass is 10.2. The summed E-state index contributed by atoms with van der Waals surface area (Å²) in [4.78, 5) is 12.3. The van der Waals surface area contributed by atoms with Crippen LogP contribution in [0.25, 0.3) is 5.69 Å². The van der Waals surface area contributed by atoms with E-state index in [0.29, 0.717) is 9.21 Å². The zero-order valence-corrected chi connectivity index (χ0v) is 12.5. The molecule has 6 heteroatoms. The molecule has 21 heavy (non-hydrogen) atoms. The van der Waals surface area contributed by atoms with Gasteiger partial charge in [0.25, 0.3) is 0 Å². The fourth-order valence-corrected chi connectivity index (χ4v) is 2.75. The predicted molar refractivity (Wildman–Crippen MR) is 82.0 cm³/mol. The zero-order chi connectivity index (χ0) is 14.7. The Labute approximate surface area is 130 Å². The standard InChI is InChI=1S/C15H11ClN2O2S/c16-14-7-6-13(21-14)15(19)20-10-11-2-4-12(5-3-11)18-9-1-8-17-18/h1-9H,10H2. The SMILES string of the molecule is O=C(OCc1ccc(-n2cccn2)cc1)c1ccc(Cl)s1. The van der Waals surface area contributed by atoms with Crippen molar-refractivity contribution < 1.29 is 9.53 Å². The van der Waals surface area contributed by atoms with Crippen LogP contribution in [0.2, 0.25) is 4.34 Å². The second-order valence-corrected chi connectivity index (χ2v) is 6.01. The number of nitrogens with zero attached hydrogens (tertiary/aromatic N) is 2. The van der Waals surface area contributed by atoms with E-state index in [1.807, 2.05) is 36.5 Å². The highest BCUT2D eigenvalue weighted by Gasteiger charge is 2.10. The van der Waals surface area contributed by atoms with E-state index in [-0.39, 0.29) is 12.6 Å². The van der Waals surface area contributed by atoms with Gasteiger partial charge in [0.2, 0.25) is 0 Å². The predicted octanol–water partition coefficient (Wildman–Crippen LogP) is 3.94. The number of carbonyl (C=O) groups is 1. The fraction of sp³-hybridized carbons (Fsp3) is 0.0667. The van der Waals surface area contributed by atoms with E-state index < -0.39 is 0 Å². The van der Waals surface area contributed by atoms with Gasteiger partial charge in [0.15, 0.2) is 0 Å². The van der Waals surface area contributed by atoms with Crippen molar-refractivity contribution in [3.8, 4) is 5.69 Å². The molecule has 0 N–H and O–H groups in total. The van der Waals surface area contributed by atoms with Gasteiger partial charge in [-0.1, -0.05) is 23.7 Å². The molecule has 0 amide bonds. The minimum absolute atomic E-state index is 0.230. The molecule has 1 aromatic carbocycles. The molecule has 4 nitrogen and oxygen atoms in total. The summed E-state index contributed by atoms with van der Waals surface area (Å²) in [5.74, 6) is -0.358. The number of thiophene rings is 1. The normalized spacial score (nSPS) is 10.5. The second-order valence-electron chi connectivity index (χ2n) is 4.30. The van der Waals surface area contributed by atoms with Crippen molar-refractivity contribution in [1.82, 2.24) is 9.78 Å². The van der Waals surface area contributed by atoms with Crippen molar-refractivity contribution in [1.29, 1.82) is 0 Å². The molecule has 0 aliphatic rings. The van der Waals surface area contributed by atoms with Crippen LogP contribution in [0, 0.1) is 0 Å². The average Bonchev–Trinajstić information content (AvgIpc) is 3.16. The first-order chi connectivity index (χ1) is 10.2. The van der Waals surface area contributed by atoms with Crippen LogP contribution < -0.4 is 0 Å². The number of esters is 1. The fourth-order valence-electron chi connectivity index (χ4n) is 1.81. The van der Waals surface area contributed by atoms with Gasteiger partial charge in [0.1, 0.15) is 11.5 Å². The van der Waals surface area contributed by atoms with Crippen LogP contribution in [0.15, 0.2) is 54.9 Å². The molecule has 2 aromatic heterocycles. The minimum Gasteiger partial charge on any atom is -0.457 e. The van der Waals surface area contributed by atoms with Crippen LogP contribution in [0.4, 0.5) is 0 Å². The summed E-state index contributed by atoms with van der Waals surface area (Å²) in [6, 6.07) is 12.9. The molecule has 2 heterocycles. The van der Waals surface area contributed by atoms with Crippen LogP contribution in [0.1, 0.15) is 15.2 Å². The Kier molecular flexibility index (Phi) is 4.03. The Morgan fingerprint density at radius 2 is 2.05 bits per heavy atom. The lowest BCUT2D eigenvalue weighted by Crippen LogP contribution is -2.03. The topological polar surface area (TPSA) is 44.1 Å². The van der Waals surface area contributed by atoms with E-state index in [0.717, 1.165) is 11.3 Å². The van der Waals surface area contributed by atoms with Gasteiger partial charge in [-0.2, -0.15) is 5.10 Å². The summed E-state index contributed by atoms with van der Waals surface area (Å²) >= 11 is 7.00. The second kappa shape index (κ2) is 6.11. The highest BCUT2D eigenvalue weighted by molar-refractivity contribution is 7.17. The van der Waals surface area contributed by atoms with Crippen LogP contribution in [0.3, 0.4) is 0 Å². The van der Waals surface area contributed by atoms with E-state index in [9.17, 15) is 4.79 Å². The molecule has 0 unspecified atom stereocenters. The van der Waals surface area contributed by atoms with Gasteiger partial charge in [0.05, 0.1) is 10.0 Å². The third kappa shape index (κ3) is 3.32. The van der Waals surface area contributed by atoms with E-state index in [4.69, 9.17) is 16.3 Å². The first-order valence-electron chi connectivity index (χ1n) is 6.24. The van der Waals surface area contributed by atoms with Crippen molar-refractivity contribution in [3.63, 3.8) is 0 Å². The van der Waals surface area contributed by atoms with Crippen molar-refractivity contribution in [2.24, 2.45) is 0 Å². The van der Waals surface area contributed by atoms with Gasteiger partial charge >= 0.3 is 5.97 Å². The number of hydrogen-bond acceptors (Lipinski definition) is 4. The Morgan fingerprint density at radius 3 is 2.67 bits per heavy atom. The van der Waals surface area contributed by atoms with Gasteiger partial charge < -0.3 is 4.74 Å². The Hall–Kier alpha value is -2.11. The third-order valence-electron chi connectivity index (χ3n) is 2.85. The number of halogens is 1. The van der Waals surface area contributed by atoms with Gasteiger partial charge in [-0.05, 0) is 35.9 Å². The summed E-state index contributed by atoms with van der Waals surface area (Å²) in [7, 11) is 0. The maximum atomic E-state index is 11.8. The first kappa shape index (κ1) is 13.9. The molecule has 3 aromatic rings. The number of carbonyl (C=O) groups excluding carboxylic acids is 1. The number of ether oxygens (including phenoxy) is 1. The summed E-state index contributed by atoms with van der Waals surface area (Å²) in [5, 5.41) is 4.15. The number of rotatable bonds is 4. The Balaban J connectivity index is 1.62. The van der Waals surface area contributed by atoms with Crippen molar-refractivity contribution in [2.75, 3.05) is 0 Å². The van der Waals surface area contributed by atoms with Crippen molar-refractivity contribution in [3.05, 3.63) is 69.6 Å². The van der Waals surface area contributed by atoms with Gasteiger partial charge in [0, 0.05) is 12.4 Å². The average molecular weight is 319 g/mol. The van der Waals surface area contributed by atoms with E-state index in [1.54, 1.807) is 23.0 Å². The van der Waals surface area contributed by atoms with Crippen molar-refractivity contribution >= 4 is 28.9 Å². The van der Waals surface area contributed by atoms with Gasteiger partial charge in [-0.15, -0.1) is 11.3 Å². The Bertz CT molecular complexity index is 735. The summed E-state index contributed by atoms with van der Waals surface area (Å²) in [6.07, 6.45) is 3.59. The number of aromatic nitrogens is 2. The molecule has 0 saturated heterocycles. The van der Waals surface area contributed by atoms with E-state index >= 15 is 0 Å². The number of benzene rings is 1. The molecular formula is C15H11ClN2O2S. The monoisotopic (exact) mass is 318 g/mol. The minimum atomic E-state index is -0.358. The van der Waals surface area contributed by atoms with Gasteiger partial charge in [-0.3, -0.25) is 0 Å². The van der Waals surface area contributed by atoms with Crippen LogP contribution in [-0.4, -0.2) is 15.7 Å². The zero-order valence-electron chi connectivity index (χ0n) is 10.9. The molecule has 0 spiro atoms. The smallest absolute Gasteiger partial charge is 0.348 e. The Morgan fingerprint density at radius 1 is 1.24 bits per heavy atom. The molecule has 106 valence electrons. The summed E-state index contributed by atoms with van der Waals surface area (Å²) in [5.41, 5.74) is 1.88. The highest BCUT2D eigenvalue weighted by atomic mass is 35.5. The first-order valence-corrected chi connectivity index (χ1v) is 7.43. The van der Waals surface area contributed by atoms with Crippen LogP contribution in [-0.2, 0) is 11.3 Å². The molecule has 0 atom stereocenters. The largest absolute Gasteiger partial charge is 0.457 e. The highest BCUT2D eigenvalue weighted by Crippen LogP contribution is 2.22. The third-order valence-corrected chi connectivity index (χ3v) is 4.06. The molecular weight excluding hydrogens is 308 g/mol. The molecule has 0 saturated carbocycles. The molecule has 3 rings (SSSR count). The van der Waals surface area contributed by atoms with Crippen LogP contribution in [0.5, 0.6) is 0 Å². The summed E-state index contributed by atoms with van der Waals surface area (Å²) < 4.78 is 7.59. The quantitative estimate of drug-likeness (QED) is 0.684. The molecule has 0 fully saturated rings. The lowest BCUT2D eigenvalue weighted by molar-refractivity contribution is 0.0478. The summed E-state index contributed by atoms with van der Waals surface area (Å²) in [6.45, 7) is 0.230. The van der Waals surface area contributed by atoms with Gasteiger partial charge in [-0.25, -0.2) is 9.48 Å². The molecule has 0 bridgehead atoms. The maximum Gasteiger partial charge on any atom is 0.348 e.